The van der Waals surface area contributed by atoms with Gasteiger partial charge in [0.2, 0.25) is 11.8 Å². The standard InChI is InChI=1S/C19H24N4O5/c1-20-18(25)14-3-2-6-23(14)17(24)12-21-7-8-22(19(21)26)13-4-5-15-16(11-13)28-10-9-27-15/h4-5,11,14H,2-3,6-10,12H2,1H3,(H,20,25). The number of carbonyl (C=O) groups excluding carboxylic acids is 3. The van der Waals surface area contributed by atoms with E-state index < -0.39 is 6.04 Å². The minimum Gasteiger partial charge on any atom is -0.486 e. The van der Waals surface area contributed by atoms with Crippen molar-refractivity contribution in [2.45, 2.75) is 18.9 Å². The molecule has 2 fully saturated rings. The molecule has 3 aliphatic rings. The molecule has 0 saturated carbocycles. The van der Waals surface area contributed by atoms with Crippen LogP contribution in [0, 0.1) is 0 Å². The largest absolute Gasteiger partial charge is 0.486 e. The van der Waals surface area contributed by atoms with Gasteiger partial charge in [-0.3, -0.25) is 14.5 Å². The quantitative estimate of drug-likeness (QED) is 0.808. The molecule has 9 nitrogen and oxygen atoms in total. The first-order valence-corrected chi connectivity index (χ1v) is 9.55. The molecule has 0 bridgehead atoms. The van der Waals surface area contributed by atoms with Gasteiger partial charge in [0, 0.05) is 38.4 Å². The van der Waals surface area contributed by atoms with Gasteiger partial charge in [-0.15, -0.1) is 0 Å². The van der Waals surface area contributed by atoms with Crippen LogP contribution in [0.5, 0.6) is 11.5 Å². The maximum Gasteiger partial charge on any atom is 0.325 e. The van der Waals surface area contributed by atoms with Crippen LogP contribution in [0.3, 0.4) is 0 Å². The van der Waals surface area contributed by atoms with Crippen LogP contribution < -0.4 is 19.7 Å². The lowest BCUT2D eigenvalue weighted by molar-refractivity contribution is -0.138. The summed E-state index contributed by atoms with van der Waals surface area (Å²) < 4.78 is 11.1. The van der Waals surface area contributed by atoms with Crippen LogP contribution in [0.25, 0.3) is 0 Å². The second kappa shape index (κ2) is 7.57. The molecule has 150 valence electrons. The van der Waals surface area contributed by atoms with E-state index in [4.69, 9.17) is 9.47 Å². The molecular formula is C19H24N4O5. The van der Waals surface area contributed by atoms with E-state index in [-0.39, 0.29) is 24.4 Å². The number of hydrogen-bond donors (Lipinski definition) is 1. The Hall–Kier alpha value is -2.97. The Bertz CT molecular complexity index is 799. The van der Waals surface area contributed by atoms with Crippen LogP contribution in [0.15, 0.2) is 18.2 Å². The van der Waals surface area contributed by atoms with Gasteiger partial charge in [-0.1, -0.05) is 0 Å². The van der Waals surface area contributed by atoms with E-state index in [0.717, 1.165) is 6.42 Å². The van der Waals surface area contributed by atoms with Crippen LogP contribution in [0.2, 0.25) is 0 Å². The lowest BCUT2D eigenvalue weighted by atomic mass is 10.2. The monoisotopic (exact) mass is 388 g/mol. The third kappa shape index (κ3) is 3.32. The molecule has 3 aliphatic heterocycles. The zero-order valence-electron chi connectivity index (χ0n) is 15.8. The molecule has 2 saturated heterocycles. The summed E-state index contributed by atoms with van der Waals surface area (Å²) in [5.41, 5.74) is 0.716. The Morgan fingerprint density at radius 3 is 2.71 bits per heavy atom. The summed E-state index contributed by atoms with van der Waals surface area (Å²) in [5, 5.41) is 2.60. The van der Waals surface area contributed by atoms with E-state index in [1.165, 1.54) is 4.90 Å². The molecule has 4 amide bonds. The van der Waals surface area contributed by atoms with Gasteiger partial charge in [-0.25, -0.2) is 4.79 Å². The van der Waals surface area contributed by atoms with E-state index in [1.54, 1.807) is 29.0 Å². The molecule has 1 aromatic carbocycles. The molecule has 0 radical (unpaired) electrons. The van der Waals surface area contributed by atoms with Crippen LogP contribution in [-0.2, 0) is 9.59 Å². The highest BCUT2D eigenvalue weighted by molar-refractivity contribution is 5.97. The first-order chi connectivity index (χ1) is 13.6. The average molecular weight is 388 g/mol. The summed E-state index contributed by atoms with van der Waals surface area (Å²) in [7, 11) is 1.57. The SMILES string of the molecule is CNC(=O)C1CCCN1C(=O)CN1CCN(c2ccc3c(c2)OCCO3)C1=O. The lowest BCUT2D eigenvalue weighted by Crippen LogP contribution is -2.48. The van der Waals surface area contributed by atoms with Crippen molar-refractivity contribution in [3.63, 3.8) is 0 Å². The van der Waals surface area contributed by atoms with Crippen molar-refractivity contribution >= 4 is 23.5 Å². The average Bonchev–Trinajstić information content (AvgIpc) is 3.34. The van der Waals surface area contributed by atoms with Crippen LogP contribution >= 0.6 is 0 Å². The van der Waals surface area contributed by atoms with Gasteiger partial charge in [0.25, 0.3) is 0 Å². The summed E-state index contributed by atoms with van der Waals surface area (Å²) in [6.45, 7) is 2.46. The van der Waals surface area contributed by atoms with E-state index in [1.807, 2.05) is 6.07 Å². The number of benzene rings is 1. The fraction of sp³-hybridized carbons (Fsp3) is 0.526. The highest BCUT2D eigenvalue weighted by Gasteiger charge is 2.37. The Morgan fingerprint density at radius 2 is 1.93 bits per heavy atom. The Labute approximate surface area is 163 Å². The van der Waals surface area contributed by atoms with Crippen molar-refractivity contribution < 1.29 is 23.9 Å². The normalized spacial score (nSPS) is 21.2. The minimum atomic E-state index is -0.441. The number of ether oxygens (including phenoxy) is 2. The van der Waals surface area contributed by atoms with Crippen molar-refractivity contribution in [3.05, 3.63) is 18.2 Å². The number of likely N-dealkylation sites (N-methyl/N-ethyl adjacent to an activating group) is 1. The second-order valence-corrected chi connectivity index (χ2v) is 7.04. The van der Waals surface area contributed by atoms with E-state index >= 15 is 0 Å². The Morgan fingerprint density at radius 1 is 1.14 bits per heavy atom. The third-order valence-corrected chi connectivity index (χ3v) is 5.38. The molecule has 4 rings (SSSR count). The summed E-state index contributed by atoms with van der Waals surface area (Å²) in [6.07, 6.45) is 1.45. The van der Waals surface area contributed by atoms with Crippen molar-refractivity contribution in [3.8, 4) is 11.5 Å². The van der Waals surface area contributed by atoms with Gasteiger partial charge >= 0.3 is 6.03 Å². The lowest BCUT2D eigenvalue weighted by Gasteiger charge is -2.26. The van der Waals surface area contributed by atoms with Crippen molar-refractivity contribution in [2.24, 2.45) is 0 Å². The topological polar surface area (TPSA) is 91.4 Å². The molecule has 0 aliphatic carbocycles. The second-order valence-electron chi connectivity index (χ2n) is 7.04. The van der Waals surface area contributed by atoms with E-state index in [0.29, 0.717) is 56.5 Å². The smallest absolute Gasteiger partial charge is 0.325 e. The van der Waals surface area contributed by atoms with E-state index in [9.17, 15) is 14.4 Å². The molecular weight excluding hydrogens is 364 g/mol. The van der Waals surface area contributed by atoms with E-state index in [2.05, 4.69) is 5.32 Å². The highest BCUT2D eigenvalue weighted by Crippen LogP contribution is 2.35. The van der Waals surface area contributed by atoms with Crippen molar-refractivity contribution in [1.29, 1.82) is 0 Å². The number of amides is 4. The fourth-order valence-electron chi connectivity index (χ4n) is 3.93. The molecule has 1 unspecified atom stereocenters. The predicted molar refractivity (Wildman–Crippen MR) is 101 cm³/mol. The summed E-state index contributed by atoms with van der Waals surface area (Å²) >= 11 is 0. The zero-order chi connectivity index (χ0) is 19.7. The molecule has 1 aromatic rings. The van der Waals surface area contributed by atoms with Crippen molar-refractivity contribution in [2.75, 3.05) is 51.3 Å². The Kier molecular flexibility index (Phi) is 4.97. The van der Waals surface area contributed by atoms with Gasteiger partial charge in [-0.05, 0) is 25.0 Å². The summed E-state index contributed by atoms with van der Waals surface area (Å²) in [5.74, 6) is 0.944. The third-order valence-electron chi connectivity index (χ3n) is 5.38. The van der Waals surface area contributed by atoms with Crippen LogP contribution in [-0.4, -0.2) is 80.1 Å². The first-order valence-electron chi connectivity index (χ1n) is 9.55. The number of nitrogens with one attached hydrogen (secondary N) is 1. The predicted octanol–water partition coefficient (Wildman–Crippen LogP) is 0.437. The molecule has 0 spiro atoms. The number of nitrogens with zero attached hydrogens (tertiary/aromatic N) is 3. The molecule has 1 atom stereocenters. The fourth-order valence-corrected chi connectivity index (χ4v) is 3.93. The summed E-state index contributed by atoms with van der Waals surface area (Å²) in [6, 6.07) is 4.74. The number of hydrogen-bond acceptors (Lipinski definition) is 5. The molecule has 0 aromatic heterocycles. The molecule has 9 heteroatoms. The first kappa shape index (κ1) is 18.4. The highest BCUT2D eigenvalue weighted by atomic mass is 16.6. The van der Waals surface area contributed by atoms with Gasteiger partial charge in [-0.2, -0.15) is 0 Å². The number of carbonyl (C=O) groups is 3. The van der Waals surface area contributed by atoms with Gasteiger partial charge in [0.1, 0.15) is 25.8 Å². The number of anilines is 1. The van der Waals surface area contributed by atoms with Crippen LogP contribution in [0.1, 0.15) is 12.8 Å². The number of rotatable bonds is 4. The molecule has 3 heterocycles. The summed E-state index contributed by atoms with van der Waals surface area (Å²) in [4.78, 5) is 42.2. The maximum atomic E-state index is 12.8. The number of likely N-dealkylation sites (tertiary alicyclic amines) is 1. The maximum absolute atomic E-state index is 12.8. The molecule has 1 N–H and O–H groups in total. The van der Waals surface area contributed by atoms with Gasteiger partial charge in [0.15, 0.2) is 11.5 Å². The van der Waals surface area contributed by atoms with Crippen LogP contribution in [0.4, 0.5) is 10.5 Å². The molecule has 28 heavy (non-hydrogen) atoms. The Balaban J connectivity index is 1.42. The minimum absolute atomic E-state index is 0.0205. The number of fused-ring (bicyclic) bond motifs is 1. The van der Waals surface area contributed by atoms with Gasteiger partial charge in [0.05, 0.1) is 0 Å². The number of urea groups is 1. The zero-order valence-corrected chi connectivity index (χ0v) is 15.8. The van der Waals surface area contributed by atoms with Crippen molar-refractivity contribution in [1.82, 2.24) is 15.1 Å². The van der Waals surface area contributed by atoms with Gasteiger partial charge < -0.3 is 24.6 Å².